The van der Waals surface area contributed by atoms with E-state index in [0.717, 1.165) is 18.5 Å². The zero-order valence-corrected chi connectivity index (χ0v) is 13.9. The van der Waals surface area contributed by atoms with Gasteiger partial charge in [0, 0.05) is 12.6 Å². The van der Waals surface area contributed by atoms with Crippen molar-refractivity contribution in [2.45, 2.75) is 32.2 Å². The number of thioether (sulfide) groups is 1. The Morgan fingerprint density at radius 1 is 1.30 bits per heavy atom. The molecule has 0 unspecified atom stereocenters. The van der Waals surface area contributed by atoms with Gasteiger partial charge in [-0.05, 0) is 46.8 Å². The van der Waals surface area contributed by atoms with Crippen LogP contribution in [0.5, 0.6) is 0 Å². The van der Waals surface area contributed by atoms with Crippen LogP contribution in [0.25, 0.3) is 11.0 Å². The second-order valence-corrected chi connectivity index (χ2v) is 6.62. The Morgan fingerprint density at radius 3 is 2.80 bits per heavy atom. The highest BCUT2D eigenvalue weighted by atomic mass is 79.9. The second kappa shape index (κ2) is 7.31. The lowest BCUT2D eigenvalue weighted by molar-refractivity contribution is 0.596. The van der Waals surface area contributed by atoms with E-state index in [1.165, 1.54) is 31.1 Å². The van der Waals surface area contributed by atoms with Gasteiger partial charge in [-0.3, -0.25) is 0 Å². The fourth-order valence-electron chi connectivity index (χ4n) is 2.24. The molecule has 0 bridgehead atoms. The highest BCUT2D eigenvalue weighted by Crippen LogP contribution is 2.25. The first kappa shape index (κ1) is 15.6. The molecule has 6 heteroatoms. The van der Waals surface area contributed by atoms with E-state index in [9.17, 15) is 4.39 Å². The summed E-state index contributed by atoms with van der Waals surface area (Å²) in [5.41, 5.74) is 7.43. The van der Waals surface area contributed by atoms with Gasteiger partial charge in [0.2, 0.25) is 5.95 Å². The normalized spacial score (nSPS) is 11.3. The summed E-state index contributed by atoms with van der Waals surface area (Å²) in [4.78, 5) is 4.22. The molecule has 0 aliphatic heterocycles. The lowest BCUT2D eigenvalue weighted by Gasteiger charge is -2.06. The van der Waals surface area contributed by atoms with Crippen LogP contribution in [0.4, 0.5) is 10.3 Å². The van der Waals surface area contributed by atoms with Crippen LogP contribution in [0.3, 0.4) is 0 Å². The minimum absolute atomic E-state index is 0.306. The number of nitrogen functional groups attached to an aromatic ring is 1. The summed E-state index contributed by atoms with van der Waals surface area (Å²) in [5, 5.41) is 0. The number of nitrogens with two attached hydrogens (primary N) is 1. The van der Waals surface area contributed by atoms with Crippen molar-refractivity contribution in [2.75, 3.05) is 17.7 Å². The monoisotopic (exact) mass is 359 g/mol. The number of rotatable bonds is 7. The van der Waals surface area contributed by atoms with E-state index in [0.29, 0.717) is 15.9 Å². The van der Waals surface area contributed by atoms with Gasteiger partial charge >= 0.3 is 0 Å². The Balaban J connectivity index is 2.02. The molecule has 2 rings (SSSR count). The van der Waals surface area contributed by atoms with Crippen LogP contribution in [0.1, 0.15) is 25.7 Å². The van der Waals surface area contributed by atoms with Crippen molar-refractivity contribution in [3.8, 4) is 0 Å². The van der Waals surface area contributed by atoms with Crippen LogP contribution in [0.2, 0.25) is 0 Å². The molecule has 2 N–H and O–H groups in total. The van der Waals surface area contributed by atoms with Crippen molar-refractivity contribution in [1.29, 1.82) is 0 Å². The topological polar surface area (TPSA) is 43.8 Å². The molecule has 2 aromatic rings. The van der Waals surface area contributed by atoms with E-state index in [4.69, 9.17) is 5.73 Å². The zero-order valence-electron chi connectivity index (χ0n) is 11.5. The number of aromatic nitrogens is 2. The summed E-state index contributed by atoms with van der Waals surface area (Å²) in [7, 11) is 0. The molecule has 110 valence electrons. The number of halogens is 2. The highest BCUT2D eigenvalue weighted by Gasteiger charge is 2.11. The molecule has 1 aromatic carbocycles. The van der Waals surface area contributed by atoms with E-state index >= 15 is 0 Å². The first-order chi connectivity index (χ1) is 9.63. The van der Waals surface area contributed by atoms with Crippen molar-refractivity contribution in [1.82, 2.24) is 9.55 Å². The quantitative estimate of drug-likeness (QED) is 0.743. The molecule has 0 aliphatic rings. The molecule has 0 amide bonds. The second-order valence-electron chi connectivity index (χ2n) is 4.78. The van der Waals surface area contributed by atoms with Crippen LogP contribution in [0, 0.1) is 5.82 Å². The van der Waals surface area contributed by atoms with E-state index in [2.05, 4.69) is 27.2 Å². The largest absolute Gasteiger partial charge is 0.369 e. The van der Waals surface area contributed by atoms with Gasteiger partial charge in [-0.2, -0.15) is 11.8 Å². The Kier molecular flexibility index (Phi) is 5.72. The minimum Gasteiger partial charge on any atom is -0.369 e. The van der Waals surface area contributed by atoms with Gasteiger partial charge in [0.15, 0.2) is 0 Å². The number of anilines is 1. The van der Waals surface area contributed by atoms with Crippen LogP contribution in [-0.2, 0) is 6.54 Å². The molecule has 1 aromatic heterocycles. The van der Waals surface area contributed by atoms with E-state index in [-0.39, 0.29) is 5.82 Å². The maximum Gasteiger partial charge on any atom is 0.201 e. The van der Waals surface area contributed by atoms with Crippen molar-refractivity contribution in [2.24, 2.45) is 0 Å². The molecule has 0 spiro atoms. The Hall–Kier alpha value is -0.750. The molecule has 0 atom stereocenters. The van der Waals surface area contributed by atoms with Crippen molar-refractivity contribution < 1.29 is 4.39 Å². The van der Waals surface area contributed by atoms with E-state index in [1.54, 1.807) is 6.07 Å². The van der Waals surface area contributed by atoms with Crippen LogP contribution in [-0.4, -0.2) is 21.6 Å². The molecule has 3 nitrogen and oxygen atoms in total. The molecule has 1 heterocycles. The van der Waals surface area contributed by atoms with Crippen molar-refractivity contribution >= 4 is 44.7 Å². The first-order valence-corrected chi connectivity index (χ1v) is 8.92. The maximum absolute atomic E-state index is 13.5. The lowest BCUT2D eigenvalue weighted by Crippen LogP contribution is -2.03. The molecule has 0 fully saturated rings. The number of nitrogens with zero attached hydrogens (tertiary/aromatic N) is 2. The minimum atomic E-state index is -0.306. The fraction of sp³-hybridized carbons (Fsp3) is 0.500. The van der Waals surface area contributed by atoms with Crippen LogP contribution >= 0.6 is 27.7 Å². The predicted molar refractivity (Wildman–Crippen MR) is 88.7 cm³/mol. The third kappa shape index (κ3) is 3.67. The molecule has 0 aliphatic carbocycles. The summed E-state index contributed by atoms with van der Waals surface area (Å²) < 4.78 is 15.9. The smallest absolute Gasteiger partial charge is 0.201 e. The molecule has 0 saturated heterocycles. The number of hydrogen-bond acceptors (Lipinski definition) is 3. The summed E-state index contributed by atoms with van der Waals surface area (Å²) in [6, 6.07) is 3.17. The number of benzene rings is 1. The van der Waals surface area contributed by atoms with Crippen LogP contribution < -0.4 is 5.73 Å². The van der Waals surface area contributed by atoms with Gasteiger partial charge in [-0.25, -0.2) is 9.37 Å². The van der Waals surface area contributed by atoms with Gasteiger partial charge in [0.05, 0.1) is 15.5 Å². The average Bonchev–Trinajstić information content (AvgIpc) is 2.70. The number of unbranched alkanes of at least 4 members (excludes halogenated alkanes) is 3. The third-order valence-corrected chi connectivity index (χ3v) is 4.60. The highest BCUT2D eigenvalue weighted by molar-refractivity contribution is 9.10. The fourth-order valence-corrected chi connectivity index (χ4v) is 3.07. The molecular weight excluding hydrogens is 341 g/mol. The number of aryl methyl sites for hydroxylation is 1. The van der Waals surface area contributed by atoms with Gasteiger partial charge in [-0.1, -0.05) is 12.8 Å². The molecule has 0 saturated carbocycles. The predicted octanol–water partition coefficient (Wildman–Crippen LogP) is 4.44. The number of hydrogen-bond donors (Lipinski definition) is 1. The third-order valence-electron chi connectivity index (χ3n) is 3.30. The number of imidazole rings is 1. The summed E-state index contributed by atoms with van der Waals surface area (Å²) >= 11 is 5.10. The zero-order chi connectivity index (χ0) is 14.5. The van der Waals surface area contributed by atoms with Crippen LogP contribution in [0.15, 0.2) is 16.6 Å². The SMILES string of the molecule is CSCCCCCCn1c(N)nc2cc(F)c(Br)cc21. The van der Waals surface area contributed by atoms with Crippen molar-refractivity contribution in [3.05, 3.63) is 22.4 Å². The Bertz CT molecular complexity index is 585. The Morgan fingerprint density at radius 2 is 2.05 bits per heavy atom. The number of fused-ring (bicyclic) bond motifs is 1. The van der Waals surface area contributed by atoms with Gasteiger partial charge in [-0.15, -0.1) is 0 Å². The molecule has 0 radical (unpaired) electrons. The summed E-state index contributed by atoms with van der Waals surface area (Å²) in [6.07, 6.45) is 6.89. The average molecular weight is 360 g/mol. The first-order valence-electron chi connectivity index (χ1n) is 6.73. The summed E-state index contributed by atoms with van der Waals surface area (Å²) in [5.74, 6) is 1.38. The molecular formula is C14H19BrFN3S. The molecule has 20 heavy (non-hydrogen) atoms. The van der Waals surface area contributed by atoms with E-state index < -0.39 is 0 Å². The van der Waals surface area contributed by atoms with Gasteiger partial charge < -0.3 is 10.3 Å². The summed E-state index contributed by atoms with van der Waals surface area (Å²) in [6.45, 7) is 0.833. The van der Waals surface area contributed by atoms with Crippen molar-refractivity contribution in [3.63, 3.8) is 0 Å². The standard InChI is InChI=1S/C14H19BrFN3S/c1-20-7-5-3-2-4-6-19-13-8-10(15)11(16)9-12(13)18-14(19)17/h8-9H,2-7H2,1H3,(H2,17,18). The van der Waals surface area contributed by atoms with E-state index in [1.807, 2.05) is 16.3 Å². The lowest BCUT2D eigenvalue weighted by atomic mass is 10.2. The Labute approximate surface area is 131 Å². The maximum atomic E-state index is 13.5. The van der Waals surface area contributed by atoms with Gasteiger partial charge in [0.1, 0.15) is 5.82 Å². The van der Waals surface area contributed by atoms with Gasteiger partial charge in [0.25, 0.3) is 0 Å².